The number of rotatable bonds is 33. The van der Waals surface area contributed by atoms with Gasteiger partial charge in [-0.1, -0.05) is 287 Å². The molecule has 0 N–H and O–H groups in total. The molecule has 4 rings (SSSR count). The van der Waals surface area contributed by atoms with Gasteiger partial charge in [-0.25, -0.2) is 0 Å². The van der Waals surface area contributed by atoms with Crippen molar-refractivity contribution in [1.29, 1.82) is 0 Å². The molecule has 2 heteroatoms. The Labute approximate surface area is 374 Å². The Kier molecular flexibility index (Phi) is 24.0. The lowest BCUT2D eigenvalue weighted by Gasteiger charge is -2.46. The van der Waals surface area contributed by atoms with Crippen molar-refractivity contribution in [2.45, 2.75) is 221 Å². The molecule has 330 valence electrons. The summed E-state index contributed by atoms with van der Waals surface area (Å²) in [4.78, 5) is 0. The molecule has 0 aliphatic heterocycles. The Hall–Kier alpha value is -2.69. The van der Waals surface area contributed by atoms with Crippen LogP contribution >= 0.6 is 0 Å². The molecule has 0 amide bonds. The fourth-order valence-electron chi connectivity index (χ4n) is 10.1. The smallest absolute Gasteiger partial charge is 0.0665 e. The standard InChI is InChI=1S/C58H90Si2/c1-7-11-15-19-23-27-31-51-35-43-55(44-36-51)59(5,6)60(56-45-37-52(38-46-56)32-28-24-20-16-12-8-2,57-47-39-53(40-48-57)33-29-25-21-17-13-9-3)58-49-41-54(42-50-58)34-30-26-22-18-14-10-4/h35-50H,7-34H2,1-6H3. The van der Waals surface area contributed by atoms with Gasteiger partial charge in [0.05, 0.1) is 7.59 Å². The third kappa shape index (κ3) is 15.6. The summed E-state index contributed by atoms with van der Waals surface area (Å²) in [6.45, 7) is 14.7. The van der Waals surface area contributed by atoms with Crippen molar-refractivity contribution in [2.75, 3.05) is 0 Å². The minimum absolute atomic E-state index is 1.20. The zero-order valence-corrected chi connectivity index (χ0v) is 42.0. The molecule has 0 aromatic heterocycles. The molecule has 0 heterocycles. The van der Waals surface area contributed by atoms with Gasteiger partial charge in [-0.15, -0.1) is 0 Å². The summed E-state index contributed by atoms with van der Waals surface area (Å²) in [5, 5.41) is 6.43. The minimum Gasteiger partial charge on any atom is -0.0665 e. The Balaban J connectivity index is 1.74. The van der Waals surface area contributed by atoms with Crippen LogP contribution in [0.3, 0.4) is 0 Å². The highest BCUT2D eigenvalue weighted by Gasteiger charge is 2.54. The molecule has 0 nitrogen and oxygen atoms in total. The molecule has 0 atom stereocenters. The highest BCUT2D eigenvalue weighted by atomic mass is 29.3. The Morgan fingerprint density at radius 3 is 0.683 bits per heavy atom. The molecule has 0 aliphatic rings. The predicted molar refractivity (Wildman–Crippen MR) is 276 cm³/mol. The Morgan fingerprint density at radius 1 is 0.250 bits per heavy atom. The molecular weight excluding hydrogens is 753 g/mol. The van der Waals surface area contributed by atoms with Crippen LogP contribution in [0, 0.1) is 0 Å². The zero-order chi connectivity index (χ0) is 42.7. The molecule has 60 heavy (non-hydrogen) atoms. The zero-order valence-electron chi connectivity index (χ0n) is 40.0. The maximum Gasteiger partial charge on any atom is 0.144 e. The van der Waals surface area contributed by atoms with E-state index in [4.69, 9.17) is 0 Å². The van der Waals surface area contributed by atoms with Crippen LogP contribution in [0.2, 0.25) is 13.1 Å². The molecular formula is C58H90Si2. The number of unbranched alkanes of at least 4 members (excludes halogenated alkanes) is 20. The molecule has 0 radical (unpaired) electrons. The van der Waals surface area contributed by atoms with Crippen LogP contribution in [0.1, 0.15) is 204 Å². The third-order valence-electron chi connectivity index (χ3n) is 14.0. The maximum atomic E-state index is 2.74. The highest BCUT2D eigenvalue weighted by molar-refractivity contribution is 7.59. The van der Waals surface area contributed by atoms with Crippen LogP contribution in [-0.4, -0.2) is 15.2 Å². The molecule has 0 fully saturated rings. The highest BCUT2D eigenvalue weighted by Crippen LogP contribution is 2.24. The fourth-order valence-corrected chi connectivity index (χ4v) is 26.5. The summed E-state index contributed by atoms with van der Waals surface area (Å²) in [5.41, 5.74) is 6.06. The van der Waals surface area contributed by atoms with Crippen molar-refractivity contribution in [3.8, 4) is 0 Å². The van der Waals surface area contributed by atoms with Crippen LogP contribution in [-0.2, 0) is 25.7 Å². The number of benzene rings is 4. The molecule has 0 saturated heterocycles. The molecule has 0 spiro atoms. The first-order valence-electron chi connectivity index (χ1n) is 25.8. The summed E-state index contributed by atoms with van der Waals surface area (Å²) < 4.78 is 0. The Bertz CT molecular complexity index is 1500. The van der Waals surface area contributed by atoms with Gasteiger partial charge in [0.1, 0.15) is 7.59 Å². The van der Waals surface area contributed by atoms with E-state index in [1.165, 1.54) is 202 Å². The van der Waals surface area contributed by atoms with Crippen LogP contribution in [0.15, 0.2) is 97.1 Å². The average Bonchev–Trinajstić information content (AvgIpc) is 3.27. The number of hydrogen-bond donors (Lipinski definition) is 0. The van der Waals surface area contributed by atoms with E-state index in [2.05, 4.69) is 138 Å². The Morgan fingerprint density at radius 2 is 0.450 bits per heavy atom. The lowest BCUT2D eigenvalue weighted by Crippen LogP contribution is -2.84. The summed E-state index contributed by atoms with van der Waals surface area (Å²) >= 11 is 0. The lowest BCUT2D eigenvalue weighted by atomic mass is 10.1. The van der Waals surface area contributed by atoms with Crippen molar-refractivity contribution < 1.29 is 0 Å². The van der Waals surface area contributed by atoms with Gasteiger partial charge in [-0.3, -0.25) is 0 Å². The number of aryl methyl sites for hydroxylation is 4. The van der Waals surface area contributed by atoms with Gasteiger partial charge in [0.2, 0.25) is 0 Å². The quantitative estimate of drug-likeness (QED) is 0.0255. The van der Waals surface area contributed by atoms with Gasteiger partial charge in [0.15, 0.2) is 0 Å². The van der Waals surface area contributed by atoms with E-state index in [0.717, 1.165) is 0 Å². The van der Waals surface area contributed by atoms with Gasteiger partial charge in [-0.2, -0.15) is 0 Å². The first-order chi connectivity index (χ1) is 29.4. The van der Waals surface area contributed by atoms with Crippen molar-refractivity contribution in [3.05, 3.63) is 119 Å². The lowest BCUT2D eigenvalue weighted by molar-refractivity contribution is 0.607. The minimum atomic E-state index is -2.54. The second-order valence-electron chi connectivity index (χ2n) is 19.2. The summed E-state index contributed by atoms with van der Waals surface area (Å²) in [7, 11) is -4.75. The van der Waals surface area contributed by atoms with E-state index >= 15 is 0 Å². The van der Waals surface area contributed by atoms with Gasteiger partial charge in [0.25, 0.3) is 0 Å². The van der Waals surface area contributed by atoms with E-state index in [0.29, 0.717) is 0 Å². The van der Waals surface area contributed by atoms with E-state index in [1.54, 1.807) is 20.7 Å². The third-order valence-corrected chi connectivity index (χ3v) is 30.4. The first kappa shape index (κ1) is 50.0. The van der Waals surface area contributed by atoms with Crippen molar-refractivity contribution in [1.82, 2.24) is 0 Å². The van der Waals surface area contributed by atoms with Crippen LogP contribution in [0.25, 0.3) is 0 Å². The van der Waals surface area contributed by atoms with Gasteiger partial charge < -0.3 is 0 Å². The molecule has 0 saturated carbocycles. The van der Waals surface area contributed by atoms with E-state index in [9.17, 15) is 0 Å². The molecule has 0 bridgehead atoms. The van der Waals surface area contributed by atoms with Gasteiger partial charge in [0, 0.05) is 0 Å². The van der Waals surface area contributed by atoms with Crippen molar-refractivity contribution >= 4 is 35.9 Å². The molecule has 0 unspecified atom stereocenters. The van der Waals surface area contributed by atoms with Crippen LogP contribution in [0.4, 0.5) is 0 Å². The van der Waals surface area contributed by atoms with Crippen LogP contribution < -0.4 is 20.7 Å². The van der Waals surface area contributed by atoms with Crippen molar-refractivity contribution in [3.63, 3.8) is 0 Å². The van der Waals surface area contributed by atoms with E-state index < -0.39 is 15.2 Å². The topological polar surface area (TPSA) is 0 Å². The fraction of sp³-hybridized carbons (Fsp3) is 0.586. The summed E-state index contributed by atoms with van der Waals surface area (Å²) in [5.74, 6) is 0. The molecule has 4 aromatic carbocycles. The van der Waals surface area contributed by atoms with Gasteiger partial charge >= 0.3 is 0 Å². The largest absolute Gasteiger partial charge is 0.144 e. The maximum absolute atomic E-state index is 2.74. The first-order valence-corrected chi connectivity index (χ1v) is 31.8. The van der Waals surface area contributed by atoms with E-state index in [-0.39, 0.29) is 0 Å². The molecule has 4 aromatic rings. The second-order valence-corrected chi connectivity index (χ2v) is 32.3. The van der Waals surface area contributed by atoms with Crippen molar-refractivity contribution in [2.24, 2.45) is 0 Å². The molecule has 0 aliphatic carbocycles. The van der Waals surface area contributed by atoms with E-state index in [1.807, 2.05) is 0 Å². The summed E-state index contributed by atoms with van der Waals surface area (Å²) in [6, 6.07) is 40.9. The summed E-state index contributed by atoms with van der Waals surface area (Å²) in [6.07, 6.45) is 37.3. The van der Waals surface area contributed by atoms with Crippen LogP contribution in [0.5, 0.6) is 0 Å². The monoisotopic (exact) mass is 843 g/mol. The predicted octanol–water partition coefficient (Wildman–Crippen LogP) is 15.5. The van der Waals surface area contributed by atoms with Gasteiger partial charge in [-0.05, 0) is 73.6 Å². The normalized spacial score (nSPS) is 12.0. The average molecular weight is 844 g/mol. The second kappa shape index (κ2) is 28.8. The number of hydrogen-bond acceptors (Lipinski definition) is 0. The SMILES string of the molecule is CCCCCCCCc1ccc([Si](C)(C)[Si](c2ccc(CCCCCCCC)cc2)(c2ccc(CCCCCCCC)cc2)c2ccc(CCCCCCCC)cc2)cc1.